The molecule has 0 radical (unpaired) electrons. The van der Waals surface area contributed by atoms with E-state index in [0.29, 0.717) is 6.42 Å². The Labute approximate surface area is 148 Å². The van der Waals surface area contributed by atoms with E-state index in [1.807, 2.05) is 43.3 Å². The zero-order valence-electron chi connectivity index (χ0n) is 14.2. The van der Waals surface area contributed by atoms with Crippen LogP contribution < -0.4 is 5.43 Å². The van der Waals surface area contributed by atoms with Gasteiger partial charge in [0.25, 0.3) is 0 Å². The Balaban J connectivity index is 1.99. The number of benzene rings is 1. The maximum atomic E-state index is 13.6. The van der Waals surface area contributed by atoms with E-state index < -0.39 is 6.17 Å². The molecule has 24 heavy (non-hydrogen) atoms. The Morgan fingerprint density at radius 2 is 2.12 bits per heavy atom. The molecule has 2 nitrogen and oxygen atoms in total. The second-order valence-corrected chi connectivity index (χ2v) is 6.32. The number of rotatable bonds is 7. The van der Waals surface area contributed by atoms with Gasteiger partial charge in [0.2, 0.25) is 0 Å². The van der Waals surface area contributed by atoms with Gasteiger partial charge >= 0.3 is 0 Å². The first-order chi connectivity index (χ1) is 11.5. The van der Waals surface area contributed by atoms with Crippen molar-refractivity contribution in [3.63, 3.8) is 0 Å². The van der Waals surface area contributed by atoms with Gasteiger partial charge in [-0.15, -0.1) is 0 Å². The average molecular weight is 347 g/mol. The Hall–Kier alpha value is -1.87. The lowest BCUT2D eigenvalue weighted by Gasteiger charge is -2.18. The molecule has 1 aliphatic rings. The Kier molecular flexibility index (Phi) is 6.80. The fraction of sp³-hybridized carbons (Fsp3) is 0.350. The third-order valence-corrected chi connectivity index (χ3v) is 4.50. The fourth-order valence-corrected chi connectivity index (χ4v) is 2.94. The van der Waals surface area contributed by atoms with Gasteiger partial charge in [0, 0.05) is 23.1 Å². The van der Waals surface area contributed by atoms with E-state index in [4.69, 9.17) is 11.6 Å². The predicted octanol–water partition coefficient (Wildman–Crippen LogP) is 5.93. The number of halogens is 2. The summed E-state index contributed by atoms with van der Waals surface area (Å²) in [5.74, 6) is 0.164. The summed E-state index contributed by atoms with van der Waals surface area (Å²) in [4.78, 5) is 0. The molecule has 4 heteroatoms. The highest BCUT2D eigenvalue weighted by Gasteiger charge is 2.15. The minimum absolute atomic E-state index is 0.164. The molecule has 0 saturated carbocycles. The van der Waals surface area contributed by atoms with E-state index in [-0.39, 0.29) is 5.92 Å². The van der Waals surface area contributed by atoms with Gasteiger partial charge in [0.15, 0.2) is 0 Å². The number of nitrogens with zero attached hydrogens (tertiary/aromatic N) is 1. The summed E-state index contributed by atoms with van der Waals surface area (Å²) in [7, 11) is 0. The van der Waals surface area contributed by atoms with E-state index in [1.54, 1.807) is 6.21 Å². The third-order valence-electron chi connectivity index (χ3n) is 4.25. The Morgan fingerprint density at radius 1 is 1.42 bits per heavy atom. The topological polar surface area (TPSA) is 24.4 Å². The molecule has 1 aromatic rings. The zero-order valence-corrected chi connectivity index (χ0v) is 15.0. The molecular weight excluding hydrogens is 323 g/mol. The molecule has 0 saturated heterocycles. The molecule has 1 N–H and O–H groups in total. The molecule has 0 amide bonds. The lowest BCUT2D eigenvalue weighted by molar-refractivity contribution is 0.375. The minimum Gasteiger partial charge on any atom is -0.283 e. The highest BCUT2D eigenvalue weighted by atomic mass is 35.5. The van der Waals surface area contributed by atoms with Gasteiger partial charge in [-0.2, -0.15) is 5.10 Å². The van der Waals surface area contributed by atoms with Crippen molar-refractivity contribution in [2.75, 3.05) is 0 Å². The van der Waals surface area contributed by atoms with Gasteiger partial charge in [-0.3, -0.25) is 5.43 Å². The van der Waals surface area contributed by atoms with Crippen LogP contribution >= 0.6 is 11.6 Å². The van der Waals surface area contributed by atoms with Gasteiger partial charge in [-0.05, 0) is 41.7 Å². The molecule has 2 unspecified atom stereocenters. The molecular formula is C20H24ClFN2. The van der Waals surface area contributed by atoms with Crippen molar-refractivity contribution in [1.82, 2.24) is 5.43 Å². The first kappa shape index (κ1) is 18.5. The monoisotopic (exact) mass is 346 g/mol. The van der Waals surface area contributed by atoms with Crippen LogP contribution in [-0.2, 0) is 0 Å². The first-order valence-electron chi connectivity index (χ1n) is 8.33. The Bertz CT molecular complexity index is 659. The number of hydrogen-bond donors (Lipinski definition) is 1. The standard InChI is InChI=1S/C20H24ClFN2/c1-4-16-12-15(6-11-20(16)22)13-23-24-14(3)19(5-2)17-7-9-18(21)10-8-17/h6-10,12-13,19-20,24H,3-5,11H2,1-2H3/b23-13+. The minimum atomic E-state index is -0.857. The van der Waals surface area contributed by atoms with Crippen molar-refractivity contribution in [2.45, 2.75) is 45.2 Å². The quantitative estimate of drug-likeness (QED) is 0.480. The summed E-state index contributed by atoms with van der Waals surface area (Å²) in [6.45, 7) is 8.17. The number of nitrogens with one attached hydrogen (secondary N) is 1. The average Bonchev–Trinajstić information content (AvgIpc) is 2.58. The molecule has 1 aliphatic carbocycles. The van der Waals surface area contributed by atoms with Crippen LogP contribution in [0.25, 0.3) is 0 Å². The van der Waals surface area contributed by atoms with Crippen LogP contribution in [0.3, 0.4) is 0 Å². The van der Waals surface area contributed by atoms with Crippen LogP contribution in [0.2, 0.25) is 5.02 Å². The molecule has 2 rings (SSSR count). The normalized spacial score (nSPS) is 18.9. The second kappa shape index (κ2) is 8.84. The SMILES string of the molecule is C=C(N/N=C/C1=CCC(F)C(CC)=C1)C(CC)c1ccc(Cl)cc1. The maximum absolute atomic E-state index is 13.6. The molecule has 0 aliphatic heterocycles. The summed E-state index contributed by atoms with van der Waals surface area (Å²) in [6, 6.07) is 7.78. The number of allylic oxidation sites excluding steroid dienone is 5. The summed E-state index contributed by atoms with van der Waals surface area (Å²) in [6.07, 6.45) is 6.67. The van der Waals surface area contributed by atoms with Crippen LogP contribution in [-0.4, -0.2) is 12.4 Å². The predicted molar refractivity (Wildman–Crippen MR) is 101 cm³/mol. The lowest BCUT2D eigenvalue weighted by Crippen LogP contribution is -2.14. The van der Waals surface area contributed by atoms with E-state index in [2.05, 4.69) is 24.0 Å². The number of hydrazone groups is 1. The molecule has 0 spiro atoms. The van der Waals surface area contributed by atoms with Crippen molar-refractivity contribution in [3.05, 3.63) is 70.4 Å². The van der Waals surface area contributed by atoms with Crippen LogP contribution in [0.1, 0.15) is 44.6 Å². The highest BCUT2D eigenvalue weighted by Crippen LogP contribution is 2.26. The molecule has 0 aromatic heterocycles. The first-order valence-corrected chi connectivity index (χ1v) is 8.71. The third kappa shape index (κ3) is 4.81. The number of alkyl halides is 1. The smallest absolute Gasteiger partial charge is 0.125 e. The summed E-state index contributed by atoms with van der Waals surface area (Å²) >= 11 is 5.94. The summed E-state index contributed by atoms with van der Waals surface area (Å²) < 4.78 is 13.6. The van der Waals surface area contributed by atoms with Gasteiger partial charge in [-0.1, -0.05) is 56.3 Å². The Morgan fingerprint density at radius 3 is 2.75 bits per heavy atom. The maximum Gasteiger partial charge on any atom is 0.125 e. The molecule has 1 aromatic carbocycles. The van der Waals surface area contributed by atoms with E-state index in [9.17, 15) is 4.39 Å². The van der Waals surface area contributed by atoms with Gasteiger partial charge < -0.3 is 0 Å². The van der Waals surface area contributed by atoms with Gasteiger partial charge in [0.05, 0.1) is 6.21 Å². The van der Waals surface area contributed by atoms with E-state index in [1.165, 1.54) is 0 Å². The summed E-state index contributed by atoms with van der Waals surface area (Å²) in [5.41, 5.74) is 6.75. The van der Waals surface area contributed by atoms with Crippen molar-refractivity contribution >= 4 is 17.8 Å². The lowest BCUT2D eigenvalue weighted by atomic mass is 9.94. The molecule has 0 fully saturated rings. The molecule has 2 atom stereocenters. The van der Waals surface area contributed by atoms with Crippen molar-refractivity contribution in [1.29, 1.82) is 0 Å². The molecule has 0 bridgehead atoms. The van der Waals surface area contributed by atoms with Crippen LogP contribution in [0, 0.1) is 0 Å². The van der Waals surface area contributed by atoms with E-state index >= 15 is 0 Å². The van der Waals surface area contributed by atoms with Crippen molar-refractivity contribution in [3.8, 4) is 0 Å². The second-order valence-electron chi connectivity index (χ2n) is 5.89. The van der Waals surface area contributed by atoms with Gasteiger partial charge in [0.1, 0.15) is 6.17 Å². The molecule has 128 valence electrons. The van der Waals surface area contributed by atoms with E-state index in [0.717, 1.165) is 40.3 Å². The zero-order chi connectivity index (χ0) is 17.5. The highest BCUT2D eigenvalue weighted by molar-refractivity contribution is 6.30. The van der Waals surface area contributed by atoms with Crippen LogP contribution in [0.15, 0.2) is 64.9 Å². The van der Waals surface area contributed by atoms with Crippen LogP contribution in [0.4, 0.5) is 4.39 Å². The van der Waals surface area contributed by atoms with Crippen molar-refractivity contribution in [2.24, 2.45) is 5.10 Å². The number of hydrogen-bond acceptors (Lipinski definition) is 2. The summed E-state index contributed by atoms with van der Waals surface area (Å²) in [5, 5.41) is 4.99. The van der Waals surface area contributed by atoms with Gasteiger partial charge in [-0.25, -0.2) is 4.39 Å². The molecule has 0 heterocycles. The van der Waals surface area contributed by atoms with Crippen LogP contribution in [0.5, 0.6) is 0 Å². The van der Waals surface area contributed by atoms with Crippen molar-refractivity contribution < 1.29 is 4.39 Å². The largest absolute Gasteiger partial charge is 0.283 e. The fourth-order valence-electron chi connectivity index (χ4n) is 2.81.